The van der Waals surface area contributed by atoms with E-state index in [4.69, 9.17) is 42.3 Å². The molecular formula is C63H93NO13Si. The van der Waals surface area contributed by atoms with Crippen LogP contribution in [0.4, 0.5) is 0 Å². The molecule has 14 nitrogen and oxygen atoms in total. The molecule has 78 heavy (non-hydrogen) atoms. The van der Waals surface area contributed by atoms with E-state index in [9.17, 15) is 14.7 Å². The molecule has 1 saturated carbocycles. The van der Waals surface area contributed by atoms with Crippen LogP contribution >= 0.6 is 0 Å². The summed E-state index contributed by atoms with van der Waals surface area (Å²) in [5.74, 6) is -4.42. The number of methoxy groups -OCH3 is 3. The van der Waals surface area contributed by atoms with Crippen molar-refractivity contribution in [2.75, 3.05) is 34.5 Å². The quantitative estimate of drug-likeness (QED) is 0.144. The smallest absolute Gasteiger partial charge is 0.329 e. The number of aliphatic hydroxyl groups excluding tert-OH is 1. The van der Waals surface area contributed by atoms with Crippen molar-refractivity contribution in [2.45, 2.75) is 217 Å². The normalized spacial score (nSPS) is 37.7. The number of fused-ring (bicyclic) bond motifs is 4. The van der Waals surface area contributed by atoms with Crippen LogP contribution in [0.2, 0.25) is 5.04 Å². The SMILES string of the molecule is CO[C@H]1C[C@@H](C)C/C(C)=C/[C@H]2CC(=O)CO[C@@]23C[C@H](OC(C)(C)O3)[C@@H](C)[C@@H](/C(C)=C/[C@@H]2CC[C@@H](O[Si](c3ccccc3)(c3ccccc3)C(C)(C)C)[C@H](OC)C2)OC(=O)[C@@H]2CCCCN2C(=O)[C@H](O)[C@@H]2O[C@H]1[C@@H](OC)C[C@H]2C. The van der Waals surface area contributed by atoms with Gasteiger partial charge in [-0.2, -0.15) is 0 Å². The van der Waals surface area contributed by atoms with Gasteiger partial charge in [0.1, 0.15) is 24.9 Å². The summed E-state index contributed by atoms with van der Waals surface area (Å²) in [6, 6.07) is 20.5. The molecule has 1 N–H and O–H groups in total. The van der Waals surface area contributed by atoms with Gasteiger partial charge in [-0.05, 0) is 124 Å². The molecule has 1 amide bonds. The molecule has 0 unspecified atom stereocenters. The third kappa shape index (κ3) is 13.0. The lowest BCUT2D eigenvalue weighted by Gasteiger charge is -2.53. The fourth-order valence-electron chi connectivity index (χ4n) is 14.3. The fourth-order valence-corrected chi connectivity index (χ4v) is 19.1. The second-order valence-electron chi connectivity index (χ2n) is 25.5. The van der Waals surface area contributed by atoms with Gasteiger partial charge >= 0.3 is 5.97 Å². The van der Waals surface area contributed by atoms with Crippen molar-refractivity contribution >= 4 is 36.4 Å². The number of benzene rings is 2. The molecule has 2 aromatic carbocycles. The Morgan fingerprint density at radius 1 is 0.808 bits per heavy atom. The van der Waals surface area contributed by atoms with Crippen LogP contribution in [-0.2, 0) is 56.7 Å². The molecule has 2 aromatic rings. The molecule has 432 valence electrons. The second-order valence-corrected chi connectivity index (χ2v) is 29.7. The summed E-state index contributed by atoms with van der Waals surface area (Å²) in [6.07, 6.45) is 5.27. The summed E-state index contributed by atoms with van der Waals surface area (Å²) in [7, 11) is 2.18. The van der Waals surface area contributed by atoms with E-state index in [1.807, 2.05) is 34.6 Å². The van der Waals surface area contributed by atoms with Gasteiger partial charge in [0, 0.05) is 52.6 Å². The van der Waals surface area contributed by atoms with E-state index < -0.39 is 86.3 Å². The Morgan fingerprint density at radius 3 is 2.08 bits per heavy atom. The highest BCUT2D eigenvalue weighted by Gasteiger charge is 2.57. The summed E-state index contributed by atoms with van der Waals surface area (Å²) in [5, 5.41) is 14.4. The van der Waals surface area contributed by atoms with Gasteiger partial charge in [0.05, 0.1) is 36.6 Å². The maximum absolute atomic E-state index is 15.2. The first-order valence-electron chi connectivity index (χ1n) is 29.1. The zero-order valence-corrected chi connectivity index (χ0v) is 50.1. The highest BCUT2D eigenvalue weighted by Crippen LogP contribution is 2.48. The number of hydrogen-bond acceptors (Lipinski definition) is 13. The van der Waals surface area contributed by atoms with E-state index in [-0.39, 0.29) is 72.9 Å². The molecule has 1 aliphatic carbocycles. The van der Waals surface area contributed by atoms with Crippen molar-refractivity contribution < 1.29 is 61.8 Å². The lowest BCUT2D eigenvalue weighted by Crippen LogP contribution is -2.68. The minimum absolute atomic E-state index is 0.00515. The average molecular weight is 1100 g/mol. The van der Waals surface area contributed by atoms with Gasteiger partial charge in [-0.25, -0.2) is 4.79 Å². The van der Waals surface area contributed by atoms with E-state index in [2.05, 4.69) is 107 Å². The number of Topliss-reactive ketones (excluding diaryl/α,β-unsaturated/α-hetero) is 1. The molecule has 16 atom stereocenters. The first kappa shape index (κ1) is 60.5. The second kappa shape index (κ2) is 25.3. The number of allylic oxidation sites excluding steroid dienone is 2. The van der Waals surface area contributed by atoms with Gasteiger partial charge in [0.15, 0.2) is 23.5 Å². The molecule has 4 bridgehead atoms. The minimum atomic E-state index is -2.90. The maximum Gasteiger partial charge on any atom is 0.329 e. The first-order valence-corrected chi connectivity index (χ1v) is 31.0. The number of hydrogen-bond donors (Lipinski definition) is 1. The van der Waals surface area contributed by atoms with Crippen LogP contribution in [0.3, 0.4) is 0 Å². The van der Waals surface area contributed by atoms with E-state index in [1.165, 1.54) is 15.3 Å². The number of esters is 1. The number of carbonyl (C=O) groups excluding carboxylic acids is 3. The van der Waals surface area contributed by atoms with Crippen molar-refractivity contribution in [1.82, 2.24) is 4.90 Å². The third-order valence-corrected chi connectivity index (χ3v) is 23.2. The minimum Gasteiger partial charge on any atom is -0.456 e. The van der Waals surface area contributed by atoms with E-state index in [0.29, 0.717) is 44.9 Å². The summed E-state index contributed by atoms with van der Waals surface area (Å²) >= 11 is 0. The van der Waals surface area contributed by atoms with Gasteiger partial charge in [-0.15, -0.1) is 0 Å². The van der Waals surface area contributed by atoms with E-state index >= 15 is 4.79 Å². The number of piperidine rings is 1. The standard InChI is InChI=1S/C63H93NO13Si/c1-39-30-40(2)32-52(70-12)58-53(71-13)34-42(4)57(73-58)55(66)59(67)64-29-21-20-26-49(64)60(68)74-56(43(5)54-37-63(77-62(9,10)75-54)45(31-39)36-46(65)38-72-63)41(3)33-44-27-28-50(51(35-44)69-11)76-78(61(6,7)8,47-22-16-14-17-23-47)48-24-18-15-19-25-48/h14-19,22-25,31,33,40,42-45,49-58,66H,20-21,26-30,32,34-38H2,1-13H3/b39-31+,41-33+/t40-,42+,43+,44-,45-,49-,50+,51+,52-,53-,54-,55+,56+,57+,58+,63+/m0/s1. The molecule has 4 saturated heterocycles. The van der Waals surface area contributed by atoms with E-state index in [0.717, 1.165) is 24.0 Å². The van der Waals surface area contributed by atoms with Crippen LogP contribution in [0.1, 0.15) is 140 Å². The van der Waals surface area contributed by atoms with Crippen LogP contribution in [0, 0.1) is 29.6 Å². The Bertz CT molecular complexity index is 2370. The molecule has 0 aromatic heterocycles. The molecule has 0 radical (unpaired) electrons. The third-order valence-electron chi connectivity index (χ3n) is 18.1. The lowest BCUT2D eigenvalue weighted by atomic mass is 9.78. The zero-order valence-electron chi connectivity index (χ0n) is 49.1. The van der Waals surface area contributed by atoms with Crippen LogP contribution < -0.4 is 10.4 Å². The van der Waals surface area contributed by atoms with Crippen molar-refractivity contribution in [3.05, 3.63) is 84.0 Å². The predicted octanol–water partition coefficient (Wildman–Crippen LogP) is 9.03. The fraction of sp³-hybridized carbons (Fsp3) is 0.698. The predicted molar refractivity (Wildman–Crippen MR) is 301 cm³/mol. The number of ether oxygens (including phenoxy) is 8. The molecular weight excluding hydrogens is 1010 g/mol. The summed E-state index contributed by atoms with van der Waals surface area (Å²) in [6.45, 7) is 21.1. The van der Waals surface area contributed by atoms with Gasteiger partial charge in [0.2, 0.25) is 0 Å². The van der Waals surface area contributed by atoms with Crippen molar-refractivity contribution in [3.8, 4) is 0 Å². The van der Waals surface area contributed by atoms with Crippen molar-refractivity contribution in [1.29, 1.82) is 0 Å². The number of aliphatic hydroxyl groups is 1. The number of cyclic esters (lactones) is 1. The Hall–Kier alpha value is -3.61. The van der Waals surface area contributed by atoms with Crippen LogP contribution in [0.25, 0.3) is 0 Å². The van der Waals surface area contributed by atoms with Crippen molar-refractivity contribution in [3.63, 3.8) is 0 Å². The first-order chi connectivity index (χ1) is 37.0. The summed E-state index contributed by atoms with van der Waals surface area (Å²) in [5.41, 5.74) is 1.93. The van der Waals surface area contributed by atoms with E-state index in [1.54, 1.807) is 21.3 Å². The van der Waals surface area contributed by atoms with Gasteiger partial charge < -0.3 is 52.3 Å². The molecule has 1 spiro atoms. The Balaban J connectivity index is 1.15. The summed E-state index contributed by atoms with van der Waals surface area (Å²) in [4.78, 5) is 44.9. The topological polar surface area (TPSA) is 158 Å². The Kier molecular flexibility index (Phi) is 19.6. The highest BCUT2D eigenvalue weighted by atomic mass is 28.4. The molecule has 5 heterocycles. The Labute approximate surface area is 466 Å². The average Bonchev–Trinajstić information content (AvgIpc) is 3.50. The molecule has 5 aliphatic heterocycles. The van der Waals surface area contributed by atoms with Crippen molar-refractivity contribution in [2.24, 2.45) is 29.6 Å². The highest BCUT2D eigenvalue weighted by molar-refractivity contribution is 6.99. The van der Waals surface area contributed by atoms with Gasteiger partial charge in [-0.1, -0.05) is 120 Å². The molecule has 5 fully saturated rings. The monoisotopic (exact) mass is 1100 g/mol. The molecule has 15 heteroatoms. The zero-order chi connectivity index (χ0) is 56.3. The number of amides is 1. The van der Waals surface area contributed by atoms with Gasteiger partial charge in [0.25, 0.3) is 14.2 Å². The van der Waals surface area contributed by atoms with Crippen LogP contribution in [-0.4, -0.2) is 143 Å². The number of carbonyl (C=O) groups is 3. The number of ketones is 1. The molecule has 6 aliphatic rings. The molecule has 8 rings (SSSR count). The number of rotatable bonds is 9. The lowest BCUT2D eigenvalue weighted by molar-refractivity contribution is -0.419. The number of nitrogens with zero attached hydrogens (tertiary/aromatic N) is 1. The van der Waals surface area contributed by atoms with Crippen LogP contribution in [0.15, 0.2) is 84.0 Å². The Morgan fingerprint density at radius 2 is 1.45 bits per heavy atom. The van der Waals surface area contributed by atoms with Gasteiger partial charge in [-0.3, -0.25) is 9.59 Å². The summed E-state index contributed by atoms with van der Waals surface area (Å²) < 4.78 is 60.3. The largest absolute Gasteiger partial charge is 0.456 e. The van der Waals surface area contributed by atoms with Crippen LogP contribution in [0.5, 0.6) is 0 Å². The maximum atomic E-state index is 15.2.